The molecule has 2 heteroatoms. The SMILES string of the molecule is COc1cccc(C#Cc2ccccc2OC)c1. The summed E-state index contributed by atoms with van der Waals surface area (Å²) in [7, 11) is 3.29. The lowest BCUT2D eigenvalue weighted by Gasteiger charge is -2.01. The molecule has 18 heavy (non-hydrogen) atoms. The van der Waals surface area contributed by atoms with Crippen molar-refractivity contribution in [3.8, 4) is 23.3 Å². The van der Waals surface area contributed by atoms with Crippen molar-refractivity contribution >= 4 is 0 Å². The lowest BCUT2D eigenvalue weighted by atomic mass is 10.1. The Morgan fingerprint density at radius 2 is 1.67 bits per heavy atom. The first-order valence-electron chi connectivity index (χ1n) is 5.62. The van der Waals surface area contributed by atoms with Gasteiger partial charge >= 0.3 is 0 Å². The van der Waals surface area contributed by atoms with Crippen LogP contribution in [0.2, 0.25) is 0 Å². The smallest absolute Gasteiger partial charge is 0.134 e. The summed E-state index contributed by atoms with van der Waals surface area (Å²) in [6.45, 7) is 0. The van der Waals surface area contributed by atoms with Gasteiger partial charge in [0, 0.05) is 5.56 Å². The van der Waals surface area contributed by atoms with Crippen LogP contribution >= 0.6 is 0 Å². The molecule has 2 aromatic carbocycles. The van der Waals surface area contributed by atoms with E-state index < -0.39 is 0 Å². The third-order valence-corrected chi connectivity index (χ3v) is 2.52. The highest BCUT2D eigenvalue weighted by molar-refractivity contribution is 5.50. The molecule has 0 aliphatic carbocycles. The van der Waals surface area contributed by atoms with Crippen LogP contribution in [0.1, 0.15) is 11.1 Å². The van der Waals surface area contributed by atoms with Crippen LogP contribution < -0.4 is 9.47 Å². The Morgan fingerprint density at radius 3 is 2.44 bits per heavy atom. The molecular formula is C16H14O2. The molecule has 0 fully saturated rings. The fourth-order valence-corrected chi connectivity index (χ4v) is 1.59. The Balaban J connectivity index is 2.30. The molecule has 0 saturated carbocycles. The van der Waals surface area contributed by atoms with Gasteiger partial charge in [0.15, 0.2) is 0 Å². The molecule has 0 heterocycles. The average Bonchev–Trinajstić information content (AvgIpc) is 2.45. The van der Waals surface area contributed by atoms with E-state index in [1.807, 2.05) is 48.5 Å². The van der Waals surface area contributed by atoms with E-state index in [0.29, 0.717) is 0 Å². The Hall–Kier alpha value is -2.40. The van der Waals surface area contributed by atoms with Crippen LogP contribution in [-0.2, 0) is 0 Å². The molecule has 0 amide bonds. The van der Waals surface area contributed by atoms with Gasteiger partial charge in [0.1, 0.15) is 11.5 Å². The molecule has 0 saturated heterocycles. The van der Waals surface area contributed by atoms with Gasteiger partial charge in [-0.15, -0.1) is 0 Å². The molecule has 2 aromatic rings. The zero-order chi connectivity index (χ0) is 12.8. The molecule has 0 aliphatic rings. The van der Waals surface area contributed by atoms with Crippen LogP contribution in [0.15, 0.2) is 48.5 Å². The zero-order valence-corrected chi connectivity index (χ0v) is 10.4. The Labute approximate surface area is 107 Å². The maximum absolute atomic E-state index is 5.25. The molecule has 0 atom stereocenters. The van der Waals surface area contributed by atoms with Crippen molar-refractivity contribution in [3.05, 3.63) is 59.7 Å². The maximum atomic E-state index is 5.25. The number of ether oxygens (including phenoxy) is 2. The average molecular weight is 238 g/mol. The Bertz CT molecular complexity index is 591. The molecule has 0 aromatic heterocycles. The van der Waals surface area contributed by atoms with Crippen LogP contribution in [0.4, 0.5) is 0 Å². The van der Waals surface area contributed by atoms with Gasteiger partial charge in [-0.3, -0.25) is 0 Å². The molecule has 0 aliphatic heterocycles. The zero-order valence-electron chi connectivity index (χ0n) is 10.4. The van der Waals surface area contributed by atoms with Crippen molar-refractivity contribution in [3.63, 3.8) is 0 Å². The van der Waals surface area contributed by atoms with Gasteiger partial charge < -0.3 is 9.47 Å². The normalized spacial score (nSPS) is 9.22. The second-order valence-electron chi connectivity index (χ2n) is 3.68. The van der Waals surface area contributed by atoms with Crippen molar-refractivity contribution in [1.29, 1.82) is 0 Å². The van der Waals surface area contributed by atoms with Crippen molar-refractivity contribution in [2.45, 2.75) is 0 Å². The van der Waals surface area contributed by atoms with Crippen LogP contribution in [0.25, 0.3) is 0 Å². The summed E-state index contributed by atoms with van der Waals surface area (Å²) in [6.07, 6.45) is 0. The summed E-state index contributed by atoms with van der Waals surface area (Å²) < 4.78 is 10.4. The maximum Gasteiger partial charge on any atom is 0.134 e. The first-order chi connectivity index (χ1) is 8.83. The number of rotatable bonds is 2. The number of methoxy groups -OCH3 is 2. The molecule has 0 spiro atoms. The lowest BCUT2D eigenvalue weighted by Crippen LogP contribution is -1.87. The van der Waals surface area contributed by atoms with Crippen LogP contribution in [-0.4, -0.2) is 14.2 Å². The molecule has 90 valence electrons. The van der Waals surface area contributed by atoms with E-state index in [-0.39, 0.29) is 0 Å². The molecule has 0 unspecified atom stereocenters. The summed E-state index contributed by atoms with van der Waals surface area (Å²) in [5.74, 6) is 7.79. The summed E-state index contributed by atoms with van der Waals surface area (Å²) in [4.78, 5) is 0. The molecule has 0 radical (unpaired) electrons. The summed E-state index contributed by atoms with van der Waals surface area (Å²) in [6, 6.07) is 15.4. The fraction of sp³-hybridized carbons (Fsp3) is 0.125. The van der Waals surface area contributed by atoms with E-state index >= 15 is 0 Å². The van der Waals surface area contributed by atoms with Crippen molar-refractivity contribution in [2.75, 3.05) is 14.2 Å². The Kier molecular flexibility index (Phi) is 3.88. The topological polar surface area (TPSA) is 18.5 Å². The predicted molar refractivity (Wildman–Crippen MR) is 72.0 cm³/mol. The minimum Gasteiger partial charge on any atom is -0.497 e. The van der Waals surface area contributed by atoms with Crippen LogP contribution in [0.3, 0.4) is 0 Å². The lowest BCUT2D eigenvalue weighted by molar-refractivity contribution is 0.413. The van der Waals surface area contributed by atoms with E-state index in [0.717, 1.165) is 22.6 Å². The summed E-state index contributed by atoms with van der Waals surface area (Å²) in [5.41, 5.74) is 1.79. The van der Waals surface area contributed by atoms with E-state index in [1.165, 1.54) is 0 Å². The van der Waals surface area contributed by atoms with Gasteiger partial charge in [-0.2, -0.15) is 0 Å². The first kappa shape index (κ1) is 12.1. The highest BCUT2D eigenvalue weighted by Crippen LogP contribution is 2.16. The van der Waals surface area contributed by atoms with Crippen LogP contribution in [0, 0.1) is 11.8 Å². The van der Waals surface area contributed by atoms with Gasteiger partial charge in [0.05, 0.1) is 19.8 Å². The third-order valence-electron chi connectivity index (χ3n) is 2.52. The number of hydrogen-bond acceptors (Lipinski definition) is 2. The molecular weight excluding hydrogens is 224 g/mol. The van der Waals surface area contributed by atoms with E-state index in [9.17, 15) is 0 Å². The molecule has 2 nitrogen and oxygen atoms in total. The summed E-state index contributed by atoms with van der Waals surface area (Å²) in [5, 5.41) is 0. The third kappa shape index (κ3) is 2.83. The molecule has 0 N–H and O–H groups in total. The van der Waals surface area contributed by atoms with Crippen molar-refractivity contribution in [2.24, 2.45) is 0 Å². The Morgan fingerprint density at radius 1 is 0.833 bits per heavy atom. The highest BCUT2D eigenvalue weighted by Gasteiger charge is 1.97. The standard InChI is InChI=1S/C16H14O2/c1-17-15-8-5-6-13(12-15)10-11-14-7-3-4-9-16(14)18-2/h3-9,12H,1-2H3. The van der Waals surface area contributed by atoms with Gasteiger partial charge in [-0.25, -0.2) is 0 Å². The predicted octanol–water partition coefficient (Wildman–Crippen LogP) is 3.10. The van der Waals surface area contributed by atoms with Crippen molar-refractivity contribution < 1.29 is 9.47 Å². The van der Waals surface area contributed by atoms with Gasteiger partial charge in [-0.1, -0.05) is 30.0 Å². The van der Waals surface area contributed by atoms with Gasteiger partial charge in [0.2, 0.25) is 0 Å². The number of para-hydroxylation sites is 1. The quantitative estimate of drug-likeness (QED) is 0.748. The minimum atomic E-state index is 0.785. The minimum absolute atomic E-state index is 0.785. The van der Waals surface area contributed by atoms with E-state index in [2.05, 4.69) is 11.8 Å². The summed E-state index contributed by atoms with van der Waals surface area (Å²) >= 11 is 0. The van der Waals surface area contributed by atoms with Gasteiger partial charge in [0.25, 0.3) is 0 Å². The number of benzene rings is 2. The highest BCUT2D eigenvalue weighted by atomic mass is 16.5. The first-order valence-corrected chi connectivity index (χ1v) is 5.62. The second kappa shape index (κ2) is 5.79. The largest absolute Gasteiger partial charge is 0.497 e. The molecule has 0 bridgehead atoms. The van der Waals surface area contributed by atoms with Gasteiger partial charge in [-0.05, 0) is 30.3 Å². The number of hydrogen-bond donors (Lipinski definition) is 0. The molecule has 2 rings (SSSR count). The van der Waals surface area contributed by atoms with Crippen LogP contribution in [0.5, 0.6) is 11.5 Å². The van der Waals surface area contributed by atoms with E-state index in [4.69, 9.17) is 9.47 Å². The fourth-order valence-electron chi connectivity index (χ4n) is 1.59. The van der Waals surface area contributed by atoms with Crippen molar-refractivity contribution in [1.82, 2.24) is 0 Å². The monoisotopic (exact) mass is 238 g/mol. The second-order valence-corrected chi connectivity index (χ2v) is 3.68. The van der Waals surface area contributed by atoms with E-state index in [1.54, 1.807) is 14.2 Å².